The summed E-state index contributed by atoms with van der Waals surface area (Å²) in [4.78, 5) is 27.5. The Kier molecular flexibility index (Phi) is 6.01. The second kappa shape index (κ2) is 7.99. The van der Waals surface area contributed by atoms with Gasteiger partial charge in [-0.15, -0.1) is 11.3 Å². The normalized spacial score (nSPS) is 10.5. The van der Waals surface area contributed by atoms with Gasteiger partial charge in [-0.2, -0.15) is 0 Å². The zero-order valence-corrected chi connectivity index (χ0v) is 13.4. The Bertz CT molecular complexity index is 594. The molecule has 0 fully saturated rings. The van der Waals surface area contributed by atoms with Crippen molar-refractivity contribution in [3.63, 3.8) is 0 Å². The predicted octanol–water partition coefficient (Wildman–Crippen LogP) is 3.01. The smallest absolute Gasteiger partial charge is 0.321 e. The highest BCUT2D eigenvalue weighted by Crippen LogP contribution is 2.28. The minimum absolute atomic E-state index is 0.182. The van der Waals surface area contributed by atoms with Gasteiger partial charge < -0.3 is 5.32 Å². The Morgan fingerprint density at radius 2 is 2.14 bits per heavy atom. The first kappa shape index (κ1) is 15.8. The minimum atomic E-state index is -0.432. The lowest BCUT2D eigenvalue weighted by atomic mass is 10.3. The van der Waals surface area contributed by atoms with Crippen LogP contribution < -0.4 is 10.6 Å². The van der Waals surface area contributed by atoms with E-state index >= 15 is 0 Å². The lowest BCUT2D eigenvalue weighted by molar-refractivity contribution is -0.117. The molecule has 5 nitrogen and oxygen atoms in total. The number of fused-ring (bicyclic) bond motifs is 1. The molecule has 2 aromatic rings. The second-order valence-corrected chi connectivity index (χ2v) is 6.65. The maximum absolute atomic E-state index is 11.7. The number of nitrogens with zero attached hydrogens (tertiary/aromatic N) is 1. The molecule has 0 radical (unpaired) electrons. The highest BCUT2D eigenvalue weighted by Gasteiger charge is 2.10. The average Bonchev–Trinajstić information content (AvgIpc) is 2.88. The zero-order chi connectivity index (χ0) is 15.1. The molecule has 0 unspecified atom stereocenters. The number of rotatable bonds is 6. The first-order valence-electron chi connectivity index (χ1n) is 6.75. The van der Waals surface area contributed by atoms with E-state index in [2.05, 4.69) is 15.6 Å². The van der Waals surface area contributed by atoms with Crippen LogP contribution >= 0.6 is 23.1 Å². The van der Waals surface area contributed by atoms with Crippen LogP contribution in [0.2, 0.25) is 0 Å². The SMILES string of the molecule is CCCCNC(=O)NC(=O)CSc1nc2ccccc2s1. The van der Waals surface area contributed by atoms with E-state index in [9.17, 15) is 9.59 Å². The number of para-hydroxylation sites is 1. The van der Waals surface area contributed by atoms with E-state index in [4.69, 9.17) is 0 Å². The van der Waals surface area contributed by atoms with Gasteiger partial charge in [0, 0.05) is 6.54 Å². The standard InChI is InChI=1S/C14H17N3O2S2/c1-2-3-8-15-13(19)17-12(18)9-20-14-16-10-6-4-5-7-11(10)21-14/h4-7H,2-3,8-9H2,1H3,(H2,15,17,18,19). The zero-order valence-electron chi connectivity index (χ0n) is 11.7. The number of thiazole rings is 1. The van der Waals surface area contributed by atoms with E-state index in [1.54, 1.807) is 11.3 Å². The molecule has 0 saturated heterocycles. The predicted molar refractivity (Wildman–Crippen MR) is 86.8 cm³/mol. The van der Waals surface area contributed by atoms with Gasteiger partial charge in [0.15, 0.2) is 4.34 Å². The van der Waals surface area contributed by atoms with E-state index in [0.29, 0.717) is 6.54 Å². The Morgan fingerprint density at radius 3 is 2.90 bits per heavy atom. The third-order valence-electron chi connectivity index (χ3n) is 2.67. The number of aromatic nitrogens is 1. The fourth-order valence-electron chi connectivity index (χ4n) is 1.63. The molecule has 0 aliphatic rings. The number of amides is 3. The summed E-state index contributed by atoms with van der Waals surface area (Å²) in [7, 11) is 0. The van der Waals surface area contributed by atoms with Crippen molar-refractivity contribution in [2.75, 3.05) is 12.3 Å². The summed E-state index contributed by atoms with van der Waals surface area (Å²) in [5.74, 6) is -0.130. The molecular weight excluding hydrogens is 306 g/mol. The van der Waals surface area contributed by atoms with Gasteiger partial charge in [0.25, 0.3) is 0 Å². The molecule has 1 aromatic heterocycles. The molecule has 0 spiro atoms. The van der Waals surface area contributed by atoms with Crippen molar-refractivity contribution in [3.05, 3.63) is 24.3 Å². The molecular formula is C14H17N3O2S2. The molecule has 0 bridgehead atoms. The number of hydrogen-bond acceptors (Lipinski definition) is 5. The number of benzene rings is 1. The molecule has 0 atom stereocenters. The molecule has 3 amide bonds. The summed E-state index contributed by atoms with van der Waals surface area (Å²) in [6.45, 7) is 2.63. The van der Waals surface area contributed by atoms with Crippen molar-refractivity contribution in [3.8, 4) is 0 Å². The number of carbonyl (C=O) groups is 2. The fraction of sp³-hybridized carbons (Fsp3) is 0.357. The largest absolute Gasteiger partial charge is 0.338 e. The molecule has 2 N–H and O–H groups in total. The molecule has 112 valence electrons. The van der Waals surface area contributed by atoms with Gasteiger partial charge in [-0.25, -0.2) is 9.78 Å². The van der Waals surface area contributed by atoms with Gasteiger partial charge in [-0.3, -0.25) is 10.1 Å². The molecule has 7 heteroatoms. The number of hydrogen-bond donors (Lipinski definition) is 2. The molecule has 1 heterocycles. The summed E-state index contributed by atoms with van der Waals surface area (Å²) in [5.41, 5.74) is 0.933. The fourth-order valence-corrected chi connectivity index (χ4v) is 3.49. The van der Waals surface area contributed by atoms with E-state index < -0.39 is 6.03 Å². The minimum Gasteiger partial charge on any atom is -0.338 e. The first-order valence-corrected chi connectivity index (χ1v) is 8.55. The lowest BCUT2D eigenvalue weighted by Crippen LogP contribution is -2.40. The number of nitrogens with one attached hydrogen (secondary N) is 2. The van der Waals surface area contributed by atoms with Crippen molar-refractivity contribution in [1.82, 2.24) is 15.6 Å². The second-order valence-electron chi connectivity index (χ2n) is 4.39. The van der Waals surface area contributed by atoms with E-state index in [1.807, 2.05) is 31.2 Å². The number of thioether (sulfide) groups is 1. The molecule has 0 aliphatic heterocycles. The Labute approximate surface area is 131 Å². The van der Waals surface area contributed by atoms with Gasteiger partial charge in [0.05, 0.1) is 16.0 Å². The molecule has 0 aliphatic carbocycles. The van der Waals surface area contributed by atoms with Crippen LogP contribution in [0.3, 0.4) is 0 Å². The van der Waals surface area contributed by atoms with Crippen molar-refractivity contribution in [1.29, 1.82) is 0 Å². The molecule has 21 heavy (non-hydrogen) atoms. The highest BCUT2D eigenvalue weighted by molar-refractivity contribution is 8.01. The van der Waals surface area contributed by atoms with Crippen molar-refractivity contribution in [2.45, 2.75) is 24.1 Å². The van der Waals surface area contributed by atoms with Gasteiger partial charge in [-0.05, 0) is 18.6 Å². The van der Waals surface area contributed by atoms with E-state index in [0.717, 1.165) is 27.4 Å². The van der Waals surface area contributed by atoms with Crippen LogP contribution in [0.15, 0.2) is 28.6 Å². The Morgan fingerprint density at radius 1 is 1.33 bits per heavy atom. The van der Waals surface area contributed by atoms with Crippen LogP contribution in [0.5, 0.6) is 0 Å². The van der Waals surface area contributed by atoms with Gasteiger partial charge in [0.2, 0.25) is 5.91 Å². The monoisotopic (exact) mass is 323 g/mol. The van der Waals surface area contributed by atoms with Gasteiger partial charge >= 0.3 is 6.03 Å². The highest BCUT2D eigenvalue weighted by atomic mass is 32.2. The number of carbonyl (C=O) groups excluding carboxylic acids is 2. The number of urea groups is 1. The van der Waals surface area contributed by atoms with Crippen LogP contribution in [-0.4, -0.2) is 29.2 Å². The van der Waals surface area contributed by atoms with Crippen molar-refractivity contribution >= 4 is 45.3 Å². The quantitative estimate of drug-likeness (QED) is 0.633. The molecule has 1 aromatic carbocycles. The molecule has 0 saturated carbocycles. The third kappa shape index (κ3) is 5.02. The van der Waals surface area contributed by atoms with Gasteiger partial charge in [-0.1, -0.05) is 37.2 Å². The summed E-state index contributed by atoms with van der Waals surface area (Å²) in [6.07, 6.45) is 1.91. The topological polar surface area (TPSA) is 71.1 Å². The summed E-state index contributed by atoms with van der Waals surface area (Å²) in [6, 6.07) is 7.40. The average molecular weight is 323 g/mol. The maximum Gasteiger partial charge on any atom is 0.321 e. The lowest BCUT2D eigenvalue weighted by Gasteiger charge is -2.05. The van der Waals surface area contributed by atoms with Crippen molar-refractivity contribution in [2.24, 2.45) is 0 Å². The summed E-state index contributed by atoms with van der Waals surface area (Å²) >= 11 is 2.89. The first-order chi connectivity index (χ1) is 10.2. The van der Waals surface area contributed by atoms with Crippen LogP contribution in [-0.2, 0) is 4.79 Å². The summed E-state index contributed by atoms with van der Waals surface area (Å²) < 4.78 is 1.93. The van der Waals surface area contributed by atoms with E-state index in [1.165, 1.54) is 11.8 Å². The van der Waals surface area contributed by atoms with E-state index in [-0.39, 0.29) is 11.7 Å². The Hall–Kier alpha value is -1.60. The van der Waals surface area contributed by atoms with Crippen LogP contribution in [0.4, 0.5) is 4.79 Å². The van der Waals surface area contributed by atoms with Crippen LogP contribution in [0, 0.1) is 0 Å². The van der Waals surface area contributed by atoms with Crippen LogP contribution in [0.25, 0.3) is 10.2 Å². The third-order valence-corrected chi connectivity index (χ3v) is 4.85. The molecule has 2 rings (SSSR count). The van der Waals surface area contributed by atoms with Crippen LogP contribution in [0.1, 0.15) is 19.8 Å². The number of unbranched alkanes of at least 4 members (excludes halogenated alkanes) is 1. The maximum atomic E-state index is 11.7. The summed E-state index contributed by atoms with van der Waals surface area (Å²) in [5, 5.41) is 4.95. The van der Waals surface area contributed by atoms with Gasteiger partial charge in [0.1, 0.15) is 0 Å². The number of imide groups is 1. The Balaban J connectivity index is 1.77. The van der Waals surface area contributed by atoms with Crippen molar-refractivity contribution < 1.29 is 9.59 Å².